The molecule has 0 radical (unpaired) electrons. The van der Waals surface area contributed by atoms with Gasteiger partial charge in [0.15, 0.2) is 0 Å². The molecule has 0 amide bonds. The second-order valence-electron chi connectivity index (χ2n) is 6.08. The van der Waals surface area contributed by atoms with Gasteiger partial charge in [0.2, 0.25) is 0 Å². The molecule has 2 aromatic rings. The number of nitrogens with two attached hydrogens (primary N) is 1. The molecule has 2 aromatic carbocycles. The Kier molecular flexibility index (Phi) is 2.94. The summed E-state index contributed by atoms with van der Waals surface area (Å²) in [6, 6.07) is 15.4. The number of benzene rings is 2. The number of hydrogen-bond acceptors (Lipinski definition) is 1. The zero-order valence-electron chi connectivity index (χ0n) is 11.7. The van der Waals surface area contributed by atoms with Crippen molar-refractivity contribution in [2.24, 2.45) is 5.73 Å². The van der Waals surface area contributed by atoms with Crippen molar-refractivity contribution in [3.63, 3.8) is 0 Å². The molecule has 2 N–H and O–H groups in total. The lowest BCUT2D eigenvalue weighted by Crippen LogP contribution is -2.43. The molecule has 98 valence electrons. The van der Waals surface area contributed by atoms with E-state index < -0.39 is 0 Å². The minimum Gasteiger partial charge on any atom is -0.324 e. The van der Waals surface area contributed by atoms with Gasteiger partial charge < -0.3 is 5.73 Å². The molecule has 3 rings (SSSR count). The Balaban J connectivity index is 1.83. The highest BCUT2D eigenvalue weighted by Gasteiger charge is 2.33. The maximum Gasteiger partial charge on any atom is 0.0276 e. The first-order valence-corrected chi connectivity index (χ1v) is 6.98. The molecular formula is C18H21N. The summed E-state index contributed by atoms with van der Waals surface area (Å²) in [5.41, 5.74) is 13.4. The van der Waals surface area contributed by atoms with Crippen LogP contribution in [0.2, 0.25) is 0 Å². The second kappa shape index (κ2) is 4.50. The molecule has 1 heteroatoms. The third kappa shape index (κ3) is 2.43. The fourth-order valence-corrected chi connectivity index (χ4v) is 3.17. The quantitative estimate of drug-likeness (QED) is 0.870. The van der Waals surface area contributed by atoms with Crippen LogP contribution in [-0.4, -0.2) is 5.54 Å². The smallest absolute Gasteiger partial charge is 0.0276 e. The molecule has 0 aliphatic heterocycles. The maximum atomic E-state index is 6.63. The summed E-state index contributed by atoms with van der Waals surface area (Å²) in [6.45, 7) is 4.33. The van der Waals surface area contributed by atoms with Crippen molar-refractivity contribution in [3.8, 4) is 0 Å². The van der Waals surface area contributed by atoms with Crippen molar-refractivity contribution in [1.82, 2.24) is 0 Å². The first-order valence-electron chi connectivity index (χ1n) is 6.98. The fraction of sp³-hybridized carbons (Fsp3) is 0.333. The topological polar surface area (TPSA) is 26.0 Å². The Morgan fingerprint density at radius 3 is 2.16 bits per heavy atom. The number of aryl methyl sites for hydroxylation is 2. The van der Waals surface area contributed by atoms with Crippen molar-refractivity contribution in [3.05, 3.63) is 70.3 Å². The van der Waals surface area contributed by atoms with E-state index in [9.17, 15) is 0 Å². The number of fused-ring (bicyclic) bond motifs is 1. The Labute approximate surface area is 115 Å². The van der Waals surface area contributed by atoms with Crippen LogP contribution in [0.15, 0.2) is 42.5 Å². The monoisotopic (exact) mass is 251 g/mol. The van der Waals surface area contributed by atoms with E-state index in [1.165, 1.54) is 27.8 Å². The molecule has 1 aliphatic rings. The van der Waals surface area contributed by atoms with Crippen molar-refractivity contribution < 1.29 is 0 Å². The lowest BCUT2D eigenvalue weighted by molar-refractivity contribution is 0.446. The van der Waals surface area contributed by atoms with E-state index in [0.717, 1.165) is 19.3 Å². The van der Waals surface area contributed by atoms with E-state index in [-0.39, 0.29) is 5.54 Å². The summed E-state index contributed by atoms with van der Waals surface area (Å²) < 4.78 is 0. The fourth-order valence-electron chi connectivity index (χ4n) is 3.17. The first-order chi connectivity index (χ1) is 9.06. The predicted molar refractivity (Wildman–Crippen MR) is 80.4 cm³/mol. The summed E-state index contributed by atoms with van der Waals surface area (Å²) in [5, 5.41) is 0. The van der Waals surface area contributed by atoms with E-state index in [1.807, 2.05) is 0 Å². The van der Waals surface area contributed by atoms with E-state index in [1.54, 1.807) is 0 Å². The third-order valence-corrected chi connectivity index (χ3v) is 4.33. The predicted octanol–water partition coefficient (Wildman–Crippen LogP) is 3.34. The minimum atomic E-state index is -0.106. The molecule has 0 bridgehead atoms. The largest absolute Gasteiger partial charge is 0.324 e. The Morgan fingerprint density at radius 2 is 1.58 bits per heavy atom. The van der Waals surface area contributed by atoms with Gasteiger partial charge in [-0.15, -0.1) is 0 Å². The van der Waals surface area contributed by atoms with Crippen molar-refractivity contribution in [1.29, 1.82) is 0 Å². The van der Waals surface area contributed by atoms with Gasteiger partial charge in [0.1, 0.15) is 0 Å². The van der Waals surface area contributed by atoms with Gasteiger partial charge in [0, 0.05) is 5.54 Å². The van der Waals surface area contributed by atoms with Crippen molar-refractivity contribution in [2.75, 3.05) is 0 Å². The normalized spacial score (nSPS) is 16.4. The summed E-state index contributed by atoms with van der Waals surface area (Å²) in [4.78, 5) is 0. The standard InChI is InChI=1S/C18H21N/c1-13-7-8-15(9-14(13)2)10-18(19)11-16-5-3-4-6-17(16)12-18/h3-9H,10-12,19H2,1-2H3. The van der Waals surface area contributed by atoms with Gasteiger partial charge >= 0.3 is 0 Å². The molecule has 19 heavy (non-hydrogen) atoms. The zero-order valence-corrected chi connectivity index (χ0v) is 11.7. The molecular weight excluding hydrogens is 230 g/mol. The molecule has 0 fully saturated rings. The molecule has 1 aliphatic carbocycles. The van der Waals surface area contributed by atoms with Crippen LogP contribution in [0.1, 0.15) is 27.8 Å². The second-order valence-corrected chi connectivity index (χ2v) is 6.08. The molecule has 0 spiro atoms. The van der Waals surface area contributed by atoms with E-state index in [2.05, 4.69) is 56.3 Å². The molecule has 0 saturated carbocycles. The van der Waals surface area contributed by atoms with Gasteiger partial charge in [-0.05, 0) is 60.9 Å². The van der Waals surface area contributed by atoms with Gasteiger partial charge in [-0.2, -0.15) is 0 Å². The molecule has 0 saturated heterocycles. The Morgan fingerprint density at radius 1 is 0.947 bits per heavy atom. The maximum absolute atomic E-state index is 6.63. The van der Waals surface area contributed by atoms with Gasteiger partial charge in [0.25, 0.3) is 0 Å². The molecule has 0 aromatic heterocycles. The highest BCUT2D eigenvalue weighted by atomic mass is 14.7. The molecule has 0 heterocycles. The van der Waals surface area contributed by atoms with Crippen LogP contribution in [-0.2, 0) is 19.3 Å². The van der Waals surface area contributed by atoms with E-state index >= 15 is 0 Å². The number of hydrogen-bond donors (Lipinski definition) is 1. The lowest BCUT2D eigenvalue weighted by atomic mass is 9.88. The zero-order chi connectivity index (χ0) is 13.5. The van der Waals surface area contributed by atoms with Crippen LogP contribution in [0.3, 0.4) is 0 Å². The van der Waals surface area contributed by atoms with Gasteiger partial charge in [-0.3, -0.25) is 0 Å². The molecule has 0 atom stereocenters. The summed E-state index contributed by atoms with van der Waals surface area (Å²) >= 11 is 0. The van der Waals surface area contributed by atoms with Crippen LogP contribution >= 0.6 is 0 Å². The average molecular weight is 251 g/mol. The average Bonchev–Trinajstić information content (AvgIpc) is 2.69. The van der Waals surface area contributed by atoms with Gasteiger partial charge in [-0.25, -0.2) is 0 Å². The van der Waals surface area contributed by atoms with Crippen LogP contribution < -0.4 is 5.73 Å². The van der Waals surface area contributed by atoms with Gasteiger partial charge in [0.05, 0.1) is 0 Å². The molecule has 1 nitrogen and oxygen atoms in total. The van der Waals surface area contributed by atoms with Crippen LogP contribution in [0.4, 0.5) is 0 Å². The summed E-state index contributed by atoms with van der Waals surface area (Å²) in [7, 11) is 0. The Hall–Kier alpha value is -1.60. The van der Waals surface area contributed by atoms with Crippen LogP contribution in [0.25, 0.3) is 0 Å². The van der Waals surface area contributed by atoms with E-state index in [0.29, 0.717) is 0 Å². The first kappa shape index (κ1) is 12.4. The van der Waals surface area contributed by atoms with Gasteiger partial charge in [-0.1, -0.05) is 42.5 Å². The third-order valence-electron chi connectivity index (χ3n) is 4.33. The highest BCUT2D eigenvalue weighted by Crippen LogP contribution is 2.31. The highest BCUT2D eigenvalue weighted by molar-refractivity contribution is 5.38. The number of rotatable bonds is 2. The van der Waals surface area contributed by atoms with Crippen LogP contribution in [0, 0.1) is 13.8 Å². The molecule has 0 unspecified atom stereocenters. The Bertz CT molecular complexity index is 588. The minimum absolute atomic E-state index is 0.106. The van der Waals surface area contributed by atoms with Crippen LogP contribution in [0.5, 0.6) is 0 Å². The summed E-state index contributed by atoms with van der Waals surface area (Å²) in [6.07, 6.45) is 2.95. The van der Waals surface area contributed by atoms with Crippen molar-refractivity contribution in [2.45, 2.75) is 38.6 Å². The van der Waals surface area contributed by atoms with Crippen molar-refractivity contribution >= 4 is 0 Å². The SMILES string of the molecule is Cc1ccc(CC2(N)Cc3ccccc3C2)cc1C. The lowest BCUT2D eigenvalue weighted by Gasteiger charge is -2.24. The summed E-state index contributed by atoms with van der Waals surface area (Å²) in [5.74, 6) is 0. The van der Waals surface area contributed by atoms with E-state index in [4.69, 9.17) is 5.73 Å².